The molecule has 3 heteroatoms. The van der Waals surface area contributed by atoms with Gasteiger partial charge in [-0.05, 0) is 43.5 Å². The number of pyridine rings is 1. The van der Waals surface area contributed by atoms with Crippen molar-refractivity contribution in [1.29, 1.82) is 0 Å². The van der Waals surface area contributed by atoms with Crippen LogP contribution in [0.2, 0.25) is 0 Å². The van der Waals surface area contributed by atoms with E-state index in [4.69, 9.17) is 4.74 Å². The van der Waals surface area contributed by atoms with E-state index in [9.17, 15) is 0 Å². The molecule has 1 aromatic heterocycles. The van der Waals surface area contributed by atoms with Crippen LogP contribution in [0.15, 0.2) is 42.6 Å². The van der Waals surface area contributed by atoms with Crippen molar-refractivity contribution in [2.45, 2.75) is 32.7 Å². The number of aromatic nitrogens is 1. The lowest BCUT2D eigenvalue weighted by Gasteiger charge is -2.13. The van der Waals surface area contributed by atoms with E-state index in [1.54, 1.807) is 7.11 Å². The Morgan fingerprint density at radius 2 is 1.81 bits per heavy atom. The van der Waals surface area contributed by atoms with Crippen molar-refractivity contribution in [3.63, 3.8) is 0 Å². The Morgan fingerprint density at radius 3 is 2.38 bits per heavy atom. The molecule has 2 aromatic rings. The van der Waals surface area contributed by atoms with Crippen molar-refractivity contribution in [1.82, 2.24) is 10.3 Å². The molecule has 21 heavy (non-hydrogen) atoms. The summed E-state index contributed by atoms with van der Waals surface area (Å²) in [5.74, 6) is 0.645. The minimum absolute atomic E-state index is 0.512. The Labute approximate surface area is 127 Å². The van der Waals surface area contributed by atoms with Crippen LogP contribution in [0.1, 0.15) is 25.8 Å². The van der Waals surface area contributed by atoms with E-state index in [0.717, 1.165) is 18.5 Å². The van der Waals surface area contributed by atoms with Gasteiger partial charge in [0, 0.05) is 23.9 Å². The highest BCUT2D eigenvalue weighted by atomic mass is 16.5. The fourth-order valence-electron chi connectivity index (χ4n) is 2.32. The van der Waals surface area contributed by atoms with Crippen LogP contribution >= 0.6 is 0 Å². The van der Waals surface area contributed by atoms with Crippen molar-refractivity contribution in [3.8, 4) is 17.0 Å². The predicted molar refractivity (Wildman–Crippen MR) is 87.7 cm³/mol. The zero-order chi connectivity index (χ0) is 15.1. The van der Waals surface area contributed by atoms with Gasteiger partial charge in [-0.25, -0.2) is 4.98 Å². The summed E-state index contributed by atoms with van der Waals surface area (Å²) < 4.78 is 5.08. The van der Waals surface area contributed by atoms with Crippen LogP contribution in [-0.2, 0) is 6.42 Å². The van der Waals surface area contributed by atoms with Gasteiger partial charge in [0.1, 0.15) is 0 Å². The molecule has 0 amide bonds. The van der Waals surface area contributed by atoms with Crippen molar-refractivity contribution in [3.05, 3.63) is 48.2 Å². The highest BCUT2D eigenvalue weighted by Gasteiger charge is 2.04. The number of hydrogen-bond donors (Lipinski definition) is 1. The normalized spacial score (nSPS) is 12.1. The summed E-state index contributed by atoms with van der Waals surface area (Å²) in [6.45, 7) is 5.51. The SMILES string of the molecule is CCCNC(C)Cc1ccc(-c2ccc(OC)nc2)cc1. The van der Waals surface area contributed by atoms with Crippen molar-refractivity contribution < 1.29 is 4.74 Å². The Balaban J connectivity index is 2.00. The third-order valence-electron chi connectivity index (χ3n) is 3.52. The smallest absolute Gasteiger partial charge is 0.212 e. The second kappa shape index (κ2) is 7.79. The van der Waals surface area contributed by atoms with Crippen LogP contribution in [-0.4, -0.2) is 24.7 Å². The number of methoxy groups -OCH3 is 1. The first-order valence-electron chi connectivity index (χ1n) is 7.55. The molecule has 1 unspecified atom stereocenters. The molecule has 0 aliphatic carbocycles. The molecule has 0 saturated carbocycles. The van der Waals surface area contributed by atoms with Crippen LogP contribution in [0.4, 0.5) is 0 Å². The van der Waals surface area contributed by atoms with Crippen molar-refractivity contribution >= 4 is 0 Å². The van der Waals surface area contributed by atoms with Crippen LogP contribution in [0.25, 0.3) is 11.1 Å². The molecule has 112 valence electrons. The first-order valence-corrected chi connectivity index (χ1v) is 7.55. The van der Waals surface area contributed by atoms with E-state index >= 15 is 0 Å². The quantitative estimate of drug-likeness (QED) is 0.842. The van der Waals surface area contributed by atoms with Gasteiger partial charge in [-0.3, -0.25) is 0 Å². The second-order valence-electron chi connectivity index (χ2n) is 5.35. The number of rotatable bonds is 7. The van der Waals surface area contributed by atoms with E-state index in [2.05, 4.69) is 48.4 Å². The lowest BCUT2D eigenvalue weighted by molar-refractivity contribution is 0.398. The van der Waals surface area contributed by atoms with Gasteiger partial charge in [0.05, 0.1) is 7.11 Å². The molecule has 0 aliphatic rings. The summed E-state index contributed by atoms with van der Waals surface area (Å²) in [5.41, 5.74) is 3.65. The van der Waals surface area contributed by atoms with E-state index in [1.807, 2.05) is 18.3 Å². The summed E-state index contributed by atoms with van der Waals surface area (Å²) >= 11 is 0. The topological polar surface area (TPSA) is 34.1 Å². The minimum Gasteiger partial charge on any atom is -0.481 e. The average molecular weight is 284 g/mol. The molecule has 0 spiro atoms. The predicted octanol–water partition coefficient (Wildman–Crippen LogP) is 3.69. The van der Waals surface area contributed by atoms with Gasteiger partial charge in [0.2, 0.25) is 5.88 Å². The molecule has 1 aromatic carbocycles. The van der Waals surface area contributed by atoms with E-state index in [1.165, 1.54) is 17.5 Å². The van der Waals surface area contributed by atoms with Crippen LogP contribution in [0.3, 0.4) is 0 Å². The maximum atomic E-state index is 5.08. The number of benzene rings is 1. The fraction of sp³-hybridized carbons (Fsp3) is 0.389. The minimum atomic E-state index is 0.512. The van der Waals surface area contributed by atoms with Gasteiger partial charge >= 0.3 is 0 Å². The number of nitrogens with zero attached hydrogens (tertiary/aromatic N) is 1. The molecule has 1 heterocycles. The zero-order valence-corrected chi connectivity index (χ0v) is 13.1. The molecule has 0 saturated heterocycles. The fourth-order valence-corrected chi connectivity index (χ4v) is 2.32. The maximum absolute atomic E-state index is 5.08. The van der Waals surface area contributed by atoms with E-state index in [-0.39, 0.29) is 0 Å². The molecule has 0 bridgehead atoms. The molecule has 2 rings (SSSR count). The summed E-state index contributed by atoms with van der Waals surface area (Å²) in [5, 5.41) is 3.52. The largest absolute Gasteiger partial charge is 0.481 e. The van der Waals surface area contributed by atoms with E-state index < -0.39 is 0 Å². The van der Waals surface area contributed by atoms with Crippen molar-refractivity contribution in [2.75, 3.05) is 13.7 Å². The first kappa shape index (κ1) is 15.5. The number of ether oxygens (including phenoxy) is 1. The van der Waals surface area contributed by atoms with E-state index in [0.29, 0.717) is 11.9 Å². The summed E-state index contributed by atoms with van der Waals surface area (Å²) in [4.78, 5) is 4.25. The van der Waals surface area contributed by atoms with Crippen LogP contribution < -0.4 is 10.1 Å². The average Bonchev–Trinajstić information content (AvgIpc) is 2.54. The van der Waals surface area contributed by atoms with Crippen LogP contribution in [0.5, 0.6) is 5.88 Å². The maximum Gasteiger partial charge on any atom is 0.212 e. The van der Waals surface area contributed by atoms with Gasteiger partial charge in [0.15, 0.2) is 0 Å². The van der Waals surface area contributed by atoms with Gasteiger partial charge in [-0.15, -0.1) is 0 Å². The molecule has 0 radical (unpaired) electrons. The third-order valence-corrected chi connectivity index (χ3v) is 3.52. The Kier molecular flexibility index (Phi) is 5.76. The lowest BCUT2D eigenvalue weighted by atomic mass is 10.0. The Hall–Kier alpha value is -1.87. The lowest BCUT2D eigenvalue weighted by Crippen LogP contribution is -2.28. The molecule has 1 atom stereocenters. The van der Waals surface area contributed by atoms with Crippen molar-refractivity contribution in [2.24, 2.45) is 0 Å². The molecule has 3 nitrogen and oxygen atoms in total. The molecule has 0 aliphatic heterocycles. The highest BCUT2D eigenvalue weighted by Crippen LogP contribution is 2.21. The molecule has 0 fully saturated rings. The summed E-state index contributed by atoms with van der Waals surface area (Å²) in [6.07, 6.45) is 4.08. The highest BCUT2D eigenvalue weighted by molar-refractivity contribution is 5.63. The first-order chi connectivity index (χ1) is 10.2. The Bertz CT molecular complexity index is 534. The molecule has 1 N–H and O–H groups in total. The molecular weight excluding hydrogens is 260 g/mol. The number of nitrogens with one attached hydrogen (secondary N) is 1. The standard InChI is InChI=1S/C18H24N2O/c1-4-11-19-14(2)12-15-5-7-16(8-6-15)17-9-10-18(21-3)20-13-17/h5-10,13-14,19H,4,11-12H2,1-3H3. The Morgan fingerprint density at radius 1 is 1.10 bits per heavy atom. The van der Waals surface area contributed by atoms with Crippen LogP contribution in [0, 0.1) is 0 Å². The van der Waals surface area contributed by atoms with Gasteiger partial charge in [0.25, 0.3) is 0 Å². The van der Waals surface area contributed by atoms with Gasteiger partial charge in [-0.1, -0.05) is 31.2 Å². The monoisotopic (exact) mass is 284 g/mol. The van der Waals surface area contributed by atoms with Gasteiger partial charge < -0.3 is 10.1 Å². The molecular formula is C18H24N2O. The second-order valence-corrected chi connectivity index (χ2v) is 5.35. The number of hydrogen-bond acceptors (Lipinski definition) is 3. The summed E-state index contributed by atoms with van der Waals surface area (Å²) in [6, 6.07) is 13.1. The third kappa shape index (κ3) is 4.57. The van der Waals surface area contributed by atoms with Gasteiger partial charge in [-0.2, -0.15) is 0 Å². The summed E-state index contributed by atoms with van der Waals surface area (Å²) in [7, 11) is 1.63. The zero-order valence-electron chi connectivity index (χ0n) is 13.1.